The maximum atomic E-state index is 14.2. The Morgan fingerprint density at radius 3 is 2.71 bits per heavy atom. The normalized spacial score (nSPS) is 19.4. The lowest BCUT2D eigenvalue weighted by Crippen LogP contribution is -2.42. The Morgan fingerprint density at radius 2 is 2.03 bits per heavy atom. The van der Waals surface area contributed by atoms with E-state index < -0.39 is 36.0 Å². The number of amides is 1. The van der Waals surface area contributed by atoms with Gasteiger partial charge in [-0.3, -0.25) is 4.79 Å². The Labute approximate surface area is 200 Å². The third kappa shape index (κ3) is 6.59. The number of carbonyl (C=O) groups excluding carboxylic acids is 1. The van der Waals surface area contributed by atoms with Gasteiger partial charge in [-0.25, -0.2) is 9.37 Å². The number of nitrogens with one attached hydrogen (secondary N) is 1. The van der Waals surface area contributed by atoms with Gasteiger partial charge in [-0.2, -0.15) is 4.98 Å². The van der Waals surface area contributed by atoms with E-state index in [1.54, 1.807) is 13.1 Å². The second-order valence-electron chi connectivity index (χ2n) is 8.73. The zero-order chi connectivity index (χ0) is 25.0. The molecule has 0 aliphatic carbocycles. The number of alkyl halides is 3. The highest BCUT2D eigenvalue weighted by atomic mass is 19.4. The molecule has 1 saturated heterocycles. The molecular formula is C24H27F4N3O4. The molecule has 4 rings (SSSR count). The highest BCUT2D eigenvalue weighted by molar-refractivity contribution is 5.81. The average Bonchev–Trinajstić information content (AvgIpc) is 2.83. The molecule has 1 fully saturated rings. The Hall–Kier alpha value is -2.95. The van der Waals surface area contributed by atoms with Crippen molar-refractivity contribution >= 4 is 5.91 Å². The zero-order valence-corrected chi connectivity index (χ0v) is 19.2. The van der Waals surface area contributed by atoms with Crippen molar-refractivity contribution in [2.24, 2.45) is 5.92 Å². The Bertz CT molecular complexity index is 1040. The Morgan fingerprint density at radius 1 is 1.26 bits per heavy atom. The summed E-state index contributed by atoms with van der Waals surface area (Å²) in [5, 5.41) is 2.81. The van der Waals surface area contributed by atoms with Gasteiger partial charge in [0.05, 0.1) is 6.04 Å². The van der Waals surface area contributed by atoms with Crippen LogP contribution < -0.4 is 14.8 Å². The average molecular weight is 497 g/mol. The number of ether oxygens (including phenoxy) is 3. The van der Waals surface area contributed by atoms with Gasteiger partial charge >= 0.3 is 6.36 Å². The molecule has 1 N–H and O–H groups in total. The molecule has 35 heavy (non-hydrogen) atoms. The minimum absolute atomic E-state index is 0.324. The maximum Gasteiger partial charge on any atom is 0.573 e. The van der Waals surface area contributed by atoms with E-state index >= 15 is 0 Å². The largest absolute Gasteiger partial charge is 0.573 e. The lowest BCUT2D eigenvalue weighted by atomic mass is 9.96. The van der Waals surface area contributed by atoms with E-state index in [1.165, 1.54) is 6.07 Å². The van der Waals surface area contributed by atoms with Gasteiger partial charge in [0.25, 0.3) is 5.91 Å². The molecule has 1 aromatic carbocycles. The lowest BCUT2D eigenvalue weighted by molar-refractivity contribution is -0.275. The molecule has 2 aromatic rings. The summed E-state index contributed by atoms with van der Waals surface area (Å²) in [6.45, 7) is 3.24. The number of carbonyl (C=O) groups is 1. The van der Waals surface area contributed by atoms with Crippen LogP contribution in [0, 0.1) is 11.7 Å². The monoisotopic (exact) mass is 497 g/mol. The van der Waals surface area contributed by atoms with E-state index in [0.717, 1.165) is 43.8 Å². The summed E-state index contributed by atoms with van der Waals surface area (Å²) >= 11 is 0. The van der Waals surface area contributed by atoms with Crippen LogP contribution in [0.5, 0.6) is 11.6 Å². The number of fused-ring (bicyclic) bond motifs is 1. The Balaban J connectivity index is 1.40. The van der Waals surface area contributed by atoms with Gasteiger partial charge < -0.3 is 19.5 Å². The van der Waals surface area contributed by atoms with E-state index in [2.05, 4.69) is 20.0 Å². The molecule has 190 valence electrons. The first kappa shape index (κ1) is 25.2. The van der Waals surface area contributed by atoms with Crippen molar-refractivity contribution < 1.29 is 36.6 Å². The molecular weight excluding hydrogens is 470 g/mol. The van der Waals surface area contributed by atoms with Gasteiger partial charge in [-0.15, -0.1) is 13.2 Å². The predicted molar refractivity (Wildman–Crippen MR) is 116 cm³/mol. The van der Waals surface area contributed by atoms with E-state index in [4.69, 9.17) is 9.47 Å². The number of hydrogen-bond acceptors (Lipinski definition) is 6. The number of benzene rings is 1. The first-order chi connectivity index (χ1) is 16.7. The van der Waals surface area contributed by atoms with Gasteiger partial charge in [-0.05, 0) is 55.7 Å². The van der Waals surface area contributed by atoms with E-state index in [1.807, 2.05) is 0 Å². The molecule has 11 heteroatoms. The third-order valence-corrected chi connectivity index (χ3v) is 6.22. The number of hydrogen-bond donors (Lipinski definition) is 1. The summed E-state index contributed by atoms with van der Waals surface area (Å²) in [5.41, 5.74) is 1.16. The van der Waals surface area contributed by atoms with Crippen molar-refractivity contribution in [3.63, 3.8) is 0 Å². The lowest BCUT2D eigenvalue weighted by Gasteiger charge is -2.27. The highest BCUT2D eigenvalue weighted by Gasteiger charge is 2.33. The fourth-order valence-electron chi connectivity index (χ4n) is 4.30. The van der Waals surface area contributed by atoms with Crippen LogP contribution in [0.25, 0.3) is 0 Å². The molecule has 0 spiro atoms. The standard InChI is InChI=1S/C24H27F4N3O4/c1-2-18(15-3-5-19(17(25)12-15)35-24(26,27)28)30-22(32)20-6-4-16-13-29-21(31-23(16)34-20)11-14-7-9-33-10-8-14/h3,5,12-14,18,20H,2,4,6-11H2,1H3,(H,30,32)/t18-,20-/m1/s1. The second-order valence-corrected chi connectivity index (χ2v) is 8.73. The van der Waals surface area contributed by atoms with Gasteiger partial charge in [0.15, 0.2) is 17.7 Å². The number of aromatic nitrogens is 2. The molecule has 0 radical (unpaired) electrons. The summed E-state index contributed by atoms with van der Waals surface area (Å²) in [6, 6.07) is 2.52. The number of halogens is 4. The summed E-state index contributed by atoms with van der Waals surface area (Å²) in [7, 11) is 0. The fraction of sp³-hybridized carbons (Fsp3) is 0.542. The summed E-state index contributed by atoms with van der Waals surface area (Å²) in [5.74, 6) is -0.984. The smallest absolute Gasteiger partial charge is 0.464 e. The van der Waals surface area contributed by atoms with Gasteiger partial charge in [0.2, 0.25) is 5.88 Å². The highest BCUT2D eigenvalue weighted by Crippen LogP contribution is 2.30. The topological polar surface area (TPSA) is 82.6 Å². The molecule has 7 nitrogen and oxygen atoms in total. The quantitative estimate of drug-likeness (QED) is 0.570. The molecule has 0 saturated carbocycles. The van der Waals surface area contributed by atoms with Gasteiger partial charge in [-0.1, -0.05) is 13.0 Å². The summed E-state index contributed by atoms with van der Waals surface area (Å²) < 4.78 is 66.3. The molecule has 0 unspecified atom stereocenters. The van der Waals surface area contributed by atoms with Crippen molar-refractivity contribution in [1.29, 1.82) is 0 Å². The van der Waals surface area contributed by atoms with Crippen LogP contribution in [0.1, 0.15) is 55.6 Å². The number of rotatable bonds is 7. The first-order valence-corrected chi connectivity index (χ1v) is 11.7. The number of nitrogens with zero attached hydrogens (tertiary/aromatic N) is 2. The van der Waals surface area contributed by atoms with Crippen LogP contribution in [-0.2, 0) is 22.4 Å². The zero-order valence-electron chi connectivity index (χ0n) is 19.2. The molecule has 1 aromatic heterocycles. The summed E-state index contributed by atoms with van der Waals surface area (Å²) in [6.07, 6.45) is -0.0372. The van der Waals surface area contributed by atoms with Crippen LogP contribution in [-0.4, -0.2) is 41.6 Å². The van der Waals surface area contributed by atoms with Crippen LogP contribution in [0.4, 0.5) is 17.6 Å². The van der Waals surface area contributed by atoms with Crippen LogP contribution in [0.2, 0.25) is 0 Å². The van der Waals surface area contributed by atoms with Crippen molar-refractivity contribution in [3.8, 4) is 11.6 Å². The van der Waals surface area contributed by atoms with Gasteiger partial charge in [0.1, 0.15) is 5.82 Å². The van der Waals surface area contributed by atoms with Crippen molar-refractivity contribution in [1.82, 2.24) is 15.3 Å². The van der Waals surface area contributed by atoms with Crippen molar-refractivity contribution in [2.75, 3.05) is 13.2 Å². The molecule has 2 aliphatic rings. The fourth-order valence-corrected chi connectivity index (χ4v) is 4.30. The SMILES string of the molecule is CC[C@@H](NC(=O)[C@H]1CCc2cnc(CC3CCOCC3)nc2O1)c1ccc(OC(F)(F)F)c(F)c1. The molecule has 0 bridgehead atoms. The molecule has 2 atom stereocenters. The minimum atomic E-state index is -5.00. The molecule has 1 amide bonds. The first-order valence-electron chi connectivity index (χ1n) is 11.7. The summed E-state index contributed by atoms with van der Waals surface area (Å²) in [4.78, 5) is 21.9. The van der Waals surface area contributed by atoms with Crippen LogP contribution in [0.15, 0.2) is 24.4 Å². The van der Waals surface area contributed by atoms with Crippen molar-refractivity contribution in [3.05, 3.63) is 47.2 Å². The molecule has 2 aliphatic heterocycles. The molecule has 3 heterocycles. The maximum absolute atomic E-state index is 14.2. The van der Waals surface area contributed by atoms with Crippen LogP contribution >= 0.6 is 0 Å². The van der Waals surface area contributed by atoms with E-state index in [-0.39, 0.29) is 0 Å². The third-order valence-electron chi connectivity index (χ3n) is 6.22. The minimum Gasteiger partial charge on any atom is -0.464 e. The van der Waals surface area contributed by atoms with E-state index in [0.29, 0.717) is 48.9 Å². The second kappa shape index (κ2) is 10.8. The van der Waals surface area contributed by atoms with E-state index in [9.17, 15) is 22.4 Å². The van der Waals surface area contributed by atoms with Crippen molar-refractivity contribution in [2.45, 2.75) is 64.0 Å². The van der Waals surface area contributed by atoms with Gasteiger partial charge in [0, 0.05) is 31.4 Å². The van der Waals surface area contributed by atoms with Crippen LogP contribution in [0.3, 0.4) is 0 Å². The number of aryl methyl sites for hydroxylation is 1. The predicted octanol–water partition coefficient (Wildman–Crippen LogP) is 4.44. The Kier molecular flexibility index (Phi) is 7.73.